The quantitative estimate of drug-likeness (QED) is 0.682. The maximum Gasteiger partial charge on any atom is 0.226 e. The number of halogens is 1. The van der Waals surface area contributed by atoms with Gasteiger partial charge in [0.2, 0.25) is 5.89 Å². The lowest BCUT2D eigenvalue weighted by atomic mass is 10.1. The summed E-state index contributed by atoms with van der Waals surface area (Å²) in [6.45, 7) is 4.30. The van der Waals surface area contributed by atoms with Crippen LogP contribution in [-0.4, -0.2) is 10.1 Å². The summed E-state index contributed by atoms with van der Waals surface area (Å²) < 4.78 is 4.98. The van der Waals surface area contributed by atoms with Crippen molar-refractivity contribution in [3.05, 3.63) is 11.7 Å². The van der Waals surface area contributed by atoms with E-state index >= 15 is 0 Å². The Labute approximate surface area is 77.1 Å². The third-order valence-electron chi connectivity index (χ3n) is 1.85. The molecule has 1 unspecified atom stereocenters. The lowest BCUT2D eigenvalue weighted by Gasteiger charge is -2.01. The van der Waals surface area contributed by atoms with Crippen LogP contribution in [0.2, 0.25) is 0 Å². The minimum atomic E-state index is 0.323. The van der Waals surface area contributed by atoms with Crippen molar-refractivity contribution in [1.82, 2.24) is 10.1 Å². The third kappa shape index (κ3) is 2.48. The maximum absolute atomic E-state index is 5.53. The molecule has 0 radical (unpaired) electrons. The van der Waals surface area contributed by atoms with E-state index in [-0.39, 0.29) is 0 Å². The van der Waals surface area contributed by atoms with Crippen LogP contribution in [0.5, 0.6) is 0 Å². The van der Waals surface area contributed by atoms with Crippen LogP contribution in [0.4, 0.5) is 0 Å². The van der Waals surface area contributed by atoms with Gasteiger partial charge in [0.1, 0.15) is 0 Å². The topological polar surface area (TPSA) is 38.9 Å². The lowest BCUT2D eigenvalue weighted by Crippen LogP contribution is -1.97. The van der Waals surface area contributed by atoms with Crippen molar-refractivity contribution in [3.8, 4) is 0 Å². The van der Waals surface area contributed by atoms with E-state index in [1.807, 2.05) is 0 Å². The van der Waals surface area contributed by atoms with Crippen LogP contribution in [0.15, 0.2) is 4.52 Å². The van der Waals surface area contributed by atoms with Gasteiger partial charge in [0.25, 0.3) is 0 Å². The summed E-state index contributed by atoms with van der Waals surface area (Å²) in [6.07, 6.45) is 1.97. The van der Waals surface area contributed by atoms with Gasteiger partial charge in [-0.3, -0.25) is 0 Å². The molecule has 3 nitrogen and oxygen atoms in total. The Hall–Kier alpha value is -0.570. The number of hydrogen-bond acceptors (Lipinski definition) is 3. The highest BCUT2D eigenvalue weighted by Gasteiger charge is 2.08. The SMILES string of the molecule is CCC(C)Cc1nc(CCl)no1. The molecule has 1 aromatic rings. The first-order chi connectivity index (χ1) is 5.76. The maximum atomic E-state index is 5.53. The van der Waals surface area contributed by atoms with Crippen molar-refractivity contribution in [1.29, 1.82) is 0 Å². The summed E-state index contributed by atoms with van der Waals surface area (Å²) in [4.78, 5) is 4.11. The standard InChI is InChI=1S/C8H13ClN2O/c1-3-6(2)4-8-10-7(5-9)11-12-8/h6H,3-5H2,1-2H3. The van der Waals surface area contributed by atoms with E-state index in [1.54, 1.807) is 0 Å². The van der Waals surface area contributed by atoms with Crippen LogP contribution < -0.4 is 0 Å². The first-order valence-corrected chi connectivity index (χ1v) is 4.67. The fraction of sp³-hybridized carbons (Fsp3) is 0.750. The zero-order valence-corrected chi connectivity index (χ0v) is 8.14. The molecule has 4 heteroatoms. The molecule has 0 aliphatic carbocycles. The van der Waals surface area contributed by atoms with Gasteiger partial charge in [-0.1, -0.05) is 25.4 Å². The largest absolute Gasteiger partial charge is 0.339 e. The van der Waals surface area contributed by atoms with Crippen LogP contribution >= 0.6 is 11.6 Å². The highest BCUT2D eigenvalue weighted by molar-refractivity contribution is 6.16. The lowest BCUT2D eigenvalue weighted by molar-refractivity contribution is 0.352. The van der Waals surface area contributed by atoms with Gasteiger partial charge in [-0.2, -0.15) is 4.98 Å². The molecule has 0 spiro atoms. The molecule has 0 bridgehead atoms. The Morgan fingerprint density at radius 3 is 2.83 bits per heavy atom. The molecule has 0 amide bonds. The summed E-state index contributed by atoms with van der Waals surface area (Å²) in [5.74, 6) is 2.19. The smallest absolute Gasteiger partial charge is 0.226 e. The van der Waals surface area contributed by atoms with Gasteiger partial charge >= 0.3 is 0 Å². The highest BCUT2D eigenvalue weighted by atomic mass is 35.5. The van der Waals surface area contributed by atoms with Crippen LogP contribution in [0.3, 0.4) is 0 Å². The van der Waals surface area contributed by atoms with Gasteiger partial charge in [-0.05, 0) is 5.92 Å². The van der Waals surface area contributed by atoms with E-state index in [0.29, 0.717) is 23.5 Å². The van der Waals surface area contributed by atoms with Crippen molar-refractivity contribution >= 4 is 11.6 Å². The van der Waals surface area contributed by atoms with Crippen molar-refractivity contribution in [3.63, 3.8) is 0 Å². The molecule has 0 aromatic carbocycles. The second-order valence-electron chi connectivity index (χ2n) is 2.96. The summed E-state index contributed by atoms with van der Waals surface area (Å²) in [6, 6.07) is 0. The van der Waals surface area contributed by atoms with E-state index in [1.165, 1.54) is 0 Å². The predicted molar refractivity (Wildman–Crippen MR) is 47.0 cm³/mol. The normalized spacial score (nSPS) is 13.2. The summed E-state index contributed by atoms with van der Waals surface area (Å²) in [7, 11) is 0. The molecule has 0 saturated heterocycles. The van der Waals surface area contributed by atoms with Crippen LogP contribution in [0.25, 0.3) is 0 Å². The predicted octanol–water partition coefficient (Wildman–Crippen LogP) is 2.40. The number of nitrogens with zero attached hydrogens (tertiary/aromatic N) is 2. The number of rotatable bonds is 4. The first kappa shape index (κ1) is 9.52. The molecule has 0 saturated carbocycles. The van der Waals surface area contributed by atoms with Crippen LogP contribution in [0.1, 0.15) is 32.0 Å². The Bertz CT molecular complexity index is 237. The van der Waals surface area contributed by atoms with E-state index in [4.69, 9.17) is 16.1 Å². The Morgan fingerprint density at radius 2 is 2.33 bits per heavy atom. The fourth-order valence-corrected chi connectivity index (χ4v) is 0.978. The van der Waals surface area contributed by atoms with E-state index in [0.717, 1.165) is 12.8 Å². The van der Waals surface area contributed by atoms with Crippen LogP contribution in [0, 0.1) is 5.92 Å². The second kappa shape index (κ2) is 4.45. The molecule has 0 aliphatic heterocycles. The molecule has 1 heterocycles. The molecule has 68 valence electrons. The van der Waals surface area contributed by atoms with Crippen molar-refractivity contribution in [2.75, 3.05) is 0 Å². The molecule has 1 rings (SSSR count). The van der Waals surface area contributed by atoms with Gasteiger partial charge in [-0.15, -0.1) is 11.6 Å². The highest BCUT2D eigenvalue weighted by Crippen LogP contribution is 2.09. The van der Waals surface area contributed by atoms with Gasteiger partial charge in [0, 0.05) is 6.42 Å². The minimum Gasteiger partial charge on any atom is -0.339 e. The zero-order valence-electron chi connectivity index (χ0n) is 7.38. The third-order valence-corrected chi connectivity index (χ3v) is 2.09. The molecular formula is C8H13ClN2O. The Morgan fingerprint density at radius 1 is 1.58 bits per heavy atom. The average Bonchev–Trinajstić information content (AvgIpc) is 2.52. The van der Waals surface area contributed by atoms with Gasteiger partial charge < -0.3 is 4.52 Å². The monoisotopic (exact) mass is 188 g/mol. The Kier molecular flexibility index (Phi) is 3.53. The number of aromatic nitrogens is 2. The summed E-state index contributed by atoms with van der Waals surface area (Å²) in [5, 5.41) is 3.70. The number of alkyl halides is 1. The molecule has 1 atom stereocenters. The van der Waals surface area contributed by atoms with Crippen molar-refractivity contribution in [2.24, 2.45) is 5.92 Å². The van der Waals surface area contributed by atoms with Crippen LogP contribution in [-0.2, 0) is 12.3 Å². The molecule has 1 aromatic heterocycles. The Balaban J connectivity index is 2.52. The molecule has 0 N–H and O–H groups in total. The molecule has 12 heavy (non-hydrogen) atoms. The summed E-state index contributed by atoms with van der Waals surface area (Å²) >= 11 is 5.53. The molecular weight excluding hydrogens is 176 g/mol. The van der Waals surface area contributed by atoms with Gasteiger partial charge in [-0.25, -0.2) is 0 Å². The average molecular weight is 189 g/mol. The zero-order chi connectivity index (χ0) is 8.97. The second-order valence-corrected chi connectivity index (χ2v) is 3.22. The van der Waals surface area contributed by atoms with E-state index in [2.05, 4.69) is 24.0 Å². The molecule has 0 aliphatic rings. The van der Waals surface area contributed by atoms with E-state index in [9.17, 15) is 0 Å². The number of hydrogen-bond donors (Lipinski definition) is 0. The van der Waals surface area contributed by atoms with Crippen molar-refractivity contribution < 1.29 is 4.52 Å². The fourth-order valence-electron chi connectivity index (χ4n) is 0.870. The summed E-state index contributed by atoms with van der Waals surface area (Å²) in [5.41, 5.74) is 0. The van der Waals surface area contributed by atoms with Gasteiger partial charge in [0.15, 0.2) is 5.82 Å². The molecule has 0 fully saturated rings. The van der Waals surface area contributed by atoms with Crippen molar-refractivity contribution in [2.45, 2.75) is 32.6 Å². The minimum absolute atomic E-state index is 0.323. The van der Waals surface area contributed by atoms with E-state index < -0.39 is 0 Å². The van der Waals surface area contributed by atoms with Gasteiger partial charge in [0.05, 0.1) is 5.88 Å². The first-order valence-electron chi connectivity index (χ1n) is 4.13.